The molecule has 0 aliphatic heterocycles. The lowest BCUT2D eigenvalue weighted by Crippen LogP contribution is -2.11. The van der Waals surface area contributed by atoms with Gasteiger partial charge in [0, 0.05) is 18.6 Å². The smallest absolute Gasteiger partial charge is 0.134 e. The van der Waals surface area contributed by atoms with E-state index in [9.17, 15) is 0 Å². The van der Waals surface area contributed by atoms with Crippen molar-refractivity contribution in [2.75, 3.05) is 0 Å². The van der Waals surface area contributed by atoms with Gasteiger partial charge in [0.25, 0.3) is 0 Å². The fourth-order valence-electron chi connectivity index (χ4n) is 2.08. The average molecular weight is 241 g/mol. The summed E-state index contributed by atoms with van der Waals surface area (Å²) >= 11 is 0. The molecule has 1 atom stereocenters. The number of hydrogen-bond donors (Lipinski definition) is 1. The van der Waals surface area contributed by atoms with Gasteiger partial charge in [-0.2, -0.15) is 5.10 Å². The van der Waals surface area contributed by atoms with E-state index in [4.69, 9.17) is 10.2 Å². The number of aryl methyl sites for hydroxylation is 2. The van der Waals surface area contributed by atoms with Gasteiger partial charge in [0.1, 0.15) is 17.4 Å². The third-order valence-corrected chi connectivity index (χ3v) is 3.05. The highest BCUT2D eigenvalue weighted by Gasteiger charge is 2.16. The van der Waals surface area contributed by atoms with E-state index < -0.39 is 0 Å². The number of nitrogens with zero attached hydrogens (tertiary/aromatic N) is 2. The van der Waals surface area contributed by atoms with Crippen molar-refractivity contribution in [3.63, 3.8) is 0 Å². The lowest BCUT2D eigenvalue weighted by atomic mass is 10.1. The molecule has 0 saturated heterocycles. The molecule has 92 valence electrons. The van der Waals surface area contributed by atoms with Crippen LogP contribution in [0.1, 0.15) is 23.1 Å². The summed E-state index contributed by atoms with van der Waals surface area (Å²) in [5, 5.41) is 5.39. The summed E-state index contributed by atoms with van der Waals surface area (Å²) in [5.41, 5.74) is 9.05. The first kappa shape index (κ1) is 11.0. The number of nitrogens with two attached hydrogens (primary N) is 1. The zero-order chi connectivity index (χ0) is 12.7. The molecule has 2 aromatic heterocycles. The zero-order valence-corrected chi connectivity index (χ0v) is 10.4. The Labute approximate surface area is 105 Å². The van der Waals surface area contributed by atoms with Crippen molar-refractivity contribution >= 4 is 11.0 Å². The van der Waals surface area contributed by atoms with Crippen LogP contribution in [0.15, 0.2) is 40.9 Å². The van der Waals surface area contributed by atoms with Crippen molar-refractivity contribution in [2.24, 2.45) is 12.8 Å². The van der Waals surface area contributed by atoms with E-state index in [2.05, 4.69) is 18.1 Å². The lowest BCUT2D eigenvalue weighted by molar-refractivity contribution is 0.518. The molecule has 2 N–H and O–H groups in total. The summed E-state index contributed by atoms with van der Waals surface area (Å²) in [6.45, 7) is 2.06. The molecule has 0 saturated carbocycles. The maximum absolute atomic E-state index is 6.16. The van der Waals surface area contributed by atoms with Gasteiger partial charge in [0.05, 0.1) is 5.69 Å². The van der Waals surface area contributed by atoms with Gasteiger partial charge in [-0.05, 0) is 31.2 Å². The molecule has 0 fully saturated rings. The summed E-state index contributed by atoms with van der Waals surface area (Å²) < 4.78 is 7.51. The van der Waals surface area contributed by atoms with Crippen LogP contribution in [0.4, 0.5) is 0 Å². The van der Waals surface area contributed by atoms with Crippen molar-refractivity contribution in [3.05, 3.63) is 53.5 Å². The summed E-state index contributed by atoms with van der Waals surface area (Å²) in [5.74, 6) is 0.745. The van der Waals surface area contributed by atoms with Gasteiger partial charge in [-0.3, -0.25) is 4.68 Å². The van der Waals surface area contributed by atoms with Crippen molar-refractivity contribution in [1.82, 2.24) is 9.78 Å². The molecule has 0 aliphatic rings. The van der Waals surface area contributed by atoms with Crippen LogP contribution in [-0.4, -0.2) is 9.78 Å². The molecular formula is C14H15N3O. The van der Waals surface area contributed by atoms with E-state index in [1.165, 1.54) is 5.56 Å². The first-order valence-electron chi connectivity index (χ1n) is 5.89. The number of aromatic nitrogens is 2. The van der Waals surface area contributed by atoms with Gasteiger partial charge in [0.15, 0.2) is 0 Å². The Morgan fingerprint density at radius 2 is 2.11 bits per heavy atom. The first-order valence-corrected chi connectivity index (χ1v) is 5.89. The van der Waals surface area contributed by atoms with Crippen LogP contribution in [-0.2, 0) is 7.05 Å². The van der Waals surface area contributed by atoms with E-state index in [1.54, 1.807) is 4.68 Å². The molecule has 4 nitrogen and oxygen atoms in total. The molecule has 2 heterocycles. The molecule has 1 aromatic carbocycles. The Morgan fingerprint density at radius 3 is 2.83 bits per heavy atom. The van der Waals surface area contributed by atoms with E-state index in [0.29, 0.717) is 0 Å². The predicted molar refractivity (Wildman–Crippen MR) is 70.2 cm³/mol. The normalized spacial score (nSPS) is 13.1. The highest BCUT2D eigenvalue weighted by atomic mass is 16.3. The van der Waals surface area contributed by atoms with Gasteiger partial charge >= 0.3 is 0 Å². The summed E-state index contributed by atoms with van der Waals surface area (Å²) in [6, 6.07) is 9.67. The van der Waals surface area contributed by atoms with Crippen LogP contribution in [0.2, 0.25) is 0 Å². The minimum absolute atomic E-state index is 0.320. The summed E-state index contributed by atoms with van der Waals surface area (Å²) in [6.07, 6.45) is 1.88. The minimum atomic E-state index is -0.320. The second kappa shape index (κ2) is 3.99. The van der Waals surface area contributed by atoms with E-state index in [-0.39, 0.29) is 6.04 Å². The van der Waals surface area contributed by atoms with Crippen LogP contribution < -0.4 is 5.73 Å². The SMILES string of the molecule is Cc1ccc2oc(C(N)c3ccn(C)n3)cc2c1. The maximum atomic E-state index is 6.16. The molecule has 3 aromatic rings. The molecule has 0 aliphatic carbocycles. The number of fused-ring (bicyclic) bond motifs is 1. The summed E-state index contributed by atoms with van der Waals surface area (Å²) in [4.78, 5) is 0. The fraction of sp³-hybridized carbons (Fsp3) is 0.214. The second-order valence-electron chi connectivity index (χ2n) is 4.58. The quantitative estimate of drug-likeness (QED) is 0.750. The van der Waals surface area contributed by atoms with Crippen LogP contribution in [0.25, 0.3) is 11.0 Å². The Balaban J connectivity index is 2.03. The van der Waals surface area contributed by atoms with Crippen LogP contribution >= 0.6 is 0 Å². The van der Waals surface area contributed by atoms with E-state index >= 15 is 0 Å². The molecule has 0 bridgehead atoms. The minimum Gasteiger partial charge on any atom is -0.459 e. The van der Waals surface area contributed by atoms with Gasteiger partial charge < -0.3 is 10.2 Å². The summed E-state index contributed by atoms with van der Waals surface area (Å²) in [7, 11) is 1.87. The Hall–Kier alpha value is -2.07. The number of rotatable bonds is 2. The van der Waals surface area contributed by atoms with Gasteiger partial charge in [-0.1, -0.05) is 11.6 Å². The van der Waals surface area contributed by atoms with Crippen molar-refractivity contribution < 1.29 is 4.42 Å². The van der Waals surface area contributed by atoms with E-state index in [1.807, 2.05) is 37.5 Å². The van der Waals surface area contributed by atoms with E-state index in [0.717, 1.165) is 22.4 Å². The molecular weight excluding hydrogens is 226 g/mol. The van der Waals surface area contributed by atoms with Crippen molar-refractivity contribution in [3.8, 4) is 0 Å². The number of furan rings is 1. The predicted octanol–water partition coefficient (Wildman–Crippen LogP) is 2.52. The maximum Gasteiger partial charge on any atom is 0.134 e. The van der Waals surface area contributed by atoms with Gasteiger partial charge in [-0.25, -0.2) is 0 Å². The first-order chi connectivity index (χ1) is 8.63. The Bertz CT molecular complexity index is 696. The van der Waals surface area contributed by atoms with Gasteiger partial charge in [0.2, 0.25) is 0 Å². The standard InChI is InChI=1S/C14H15N3O/c1-9-3-4-12-10(7-9)8-13(18-12)14(15)11-5-6-17(2)16-11/h3-8,14H,15H2,1-2H3. The van der Waals surface area contributed by atoms with Crippen LogP contribution in [0, 0.1) is 6.92 Å². The molecule has 1 unspecified atom stereocenters. The third-order valence-electron chi connectivity index (χ3n) is 3.05. The Morgan fingerprint density at radius 1 is 1.28 bits per heavy atom. The molecule has 4 heteroatoms. The zero-order valence-electron chi connectivity index (χ0n) is 10.4. The number of hydrogen-bond acceptors (Lipinski definition) is 3. The lowest BCUT2D eigenvalue weighted by Gasteiger charge is -2.03. The average Bonchev–Trinajstić information content (AvgIpc) is 2.93. The highest BCUT2D eigenvalue weighted by Crippen LogP contribution is 2.26. The van der Waals surface area contributed by atoms with Crippen LogP contribution in [0.3, 0.4) is 0 Å². The monoisotopic (exact) mass is 241 g/mol. The molecule has 18 heavy (non-hydrogen) atoms. The fourth-order valence-corrected chi connectivity index (χ4v) is 2.08. The van der Waals surface area contributed by atoms with Crippen LogP contribution in [0.5, 0.6) is 0 Å². The molecule has 0 spiro atoms. The second-order valence-corrected chi connectivity index (χ2v) is 4.58. The highest BCUT2D eigenvalue weighted by molar-refractivity contribution is 5.78. The largest absolute Gasteiger partial charge is 0.459 e. The number of benzene rings is 1. The van der Waals surface area contributed by atoms with Gasteiger partial charge in [-0.15, -0.1) is 0 Å². The molecule has 0 amide bonds. The topological polar surface area (TPSA) is 57.0 Å². The molecule has 3 rings (SSSR count). The Kier molecular flexibility index (Phi) is 2.45. The third kappa shape index (κ3) is 1.80. The molecule has 0 radical (unpaired) electrons. The van der Waals surface area contributed by atoms with Crippen molar-refractivity contribution in [1.29, 1.82) is 0 Å². The van der Waals surface area contributed by atoms with Crippen molar-refractivity contribution in [2.45, 2.75) is 13.0 Å².